The molecule has 1 aromatic carbocycles. The lowest BCUT2D eigenvalue weighted by Gasteiger charge is -2.07. The number of hydrogen-bond donors (Lipinski definition) is 4. The van der Waals surface area contributed by atoms with Crippen LogP contribution in [0, 0.1) is 32.6 Å². The third kappa shape index (κ3) is 9.39. The van der Waals surface area contributed by atoms with Crippen molar-refractivity contribution in [3.05, 3.63) is 22.8 Å². The minimum atomic E-state index is -0.741. The van der Waals surface area contributed by atoms with Gasteiger partial charge in [0.2, 0.25) is 0 Å². The minimum absolute atomic E-state index is 0.231. The molecule has 1 aromatic rings. The summed E-state index contributed by atoms with van der Waals surface area (Å²) in [5.41, 5.74) is 2.21. The van der Waals surface area contributed by atoms with E-state index in [9.17, 15) is 19.8 Å². The molecule has 0 aliphatic carbocycles. The van der Waals surface area contributed by atoms with E-state index in [1.54, 1.807) is 54.5 Å². The van der Waals surface area contributed by atoms with Gasteiger partial charge in [0.1, 0.15) is 11.5 Å². The Kier molecular flexibility index (Phi) is 10.5. The second-order valence-electron chi connectivity index (χ2n) is 5.80. The molecule has 0 amide bonds. The zero-order valence-electron chi connectivity index (χ0n) is 14.8. The van der Waals surface area contributed by atoms with Gasteiger partial charge in [-0.25, -0.2) is 0 Å². The molecule has 0 unspecified atom stereocenters. The maximum Gasteiger partial charge on any atom is 0.305 e. The topological polar surface area (TPSA) is 115 Å². The van der Waals surface area contributed by atoms with Crippen molar-refractivity contribution < 1.29 is 30.0 Å². The molecule has 0 spiro atoms. The van der Waals surface area contributed by atoms with Gasteiger partial charge in [0.05, 0.1) is 11.8 Å². The van der Waals surface area contributed by atoms with Crippen molar-refractivity contribution in [3.63, 3.8) is 0 Å². The van der Waals surface area contributed by atoms with Gasteiger partial charge >= 0.3 is 11.9 Å². The number of rotatable bonds is 2. The predicted molar refractivity (Wildman–Crippen MR) is 88.9 cm³/mol. The lowest BCUT2D eigenvalue weighted by Crippen LogP contribution is -2.03. The normalized spacial score (nSPS) is 9.61. The summed E-state index contributed by atoms with van der Waals surface area (Å²) in [5, 5.41) is 34.7. The number of hydrogen-bond acceptors (Lipinski definition) is 4. The highest BCUT2D eigenvalue weighted by atomic mass is 16.4. The molecule has 0 saturated carbocycles. The van der Waals surface area contributed by atoms with Gasteiger partial charge in [-0.05, 0) is 43.5 Å². The summed E-state index contributed by atoms with van der Waals surface area (Å²) >= 11 is 0. The van der Waals surface area contributed by atoms with E-state index < -0.39 is 11.9 Å². The number of benzene rings is 1. The van der Waals surface area contributed by atoms with Crippen molar-refractivity contribution in [3.8, 4) is 11.5 Å². The lowest BCUT2D eigenvalue weighted by atomic mass is 10.0. The van der Waals surface area contributed by atoms with Crippen molar-refractivity contribution >= 4 is 11.9 Å². The Labute approximate surface area is 137 Å². The fourth-order valence-electron chi connectivity index (χ4n) is 1.05. The van der Waals surface area contributed by atoms with Gasteiger partial charge in [-0.2, -0.15) is 0 Å². The first kappa shape index (κ1) is 23.0. The van der Waals surface area contributed by atoms with Crippen LogP contribution in [0.3, 0.4) is 0 Å². The maximum absolute atomic E-state index is 9.70. The molecule has 0 aliphatic heterocycles. The van der Waals surface area contributed by atoms with E-state index in [-0.39, 0.29) is 23.3 Å². The summed E-state index contributed by atoms with van der Waals surface area (Å²) in [6, 6.07) is 1.57. The maximum atomic E-state index is 9.70. The third-order valence-electron chi connectivity index (χ3n) is 3.02. The molecule has 6 nitrogen and oxygen atoms in total. The Bertz CT molecular complexity index is 488. The predicted octanol–water partition coefficient (Wildman–Crippen LogP) is 3.48. The highest BCUT2D eigenvalue weighted by molar-refractivity contribution is 5.69. The Hall–Kier alpha value is -2.24. The minimum Gasteiger partial charge on any atom is -0.508 e. The first-order chi connectivity index (χ1) is 10.3. The molecule has 0 heterocycles. The van der Waals surface area contributed by atoms with Gasteiger partial charge in [-0.1, -0.05) is 27.7 Å². The number of phenolic OH excluding ortho intramolecular Hbond substituents is 2. The summed E-state index contributed by atoms with van der Waals surface area (Å²) < 4.78 is 0. The molecule has 0 radical (unpaired) electrons. The van der Waals surface area contributed by atoms with Gasteiger partial charge in [-0.3, -0.25) is 9.59 Å². The molecule has 0 fully saturated rings. The van der Waals surface area contributed by atoms with Crippen LogP contribution >= 0.6 is 0 Å². The molecule has 0 saturated heterocycles. The lowest BCUT2D eigenvalue weighted by molar-refractivity contribution is -0.141. The molecule has 132 valence electrons. The first-order valence-electron chi connectivity index (χ1n) is 7.27. The van der Waals surface area contributed by atoms with Gasteiger partial charge in [0, 0.05) is 0 Å². The highest BCUT2D eigenvalue weighted by Gasteiger charge is 2.07. The van der Waals surface area contributed by atoms with E-state index in [1.807, 2.05) is 0 Å². The number of carboxylic acid groups (broad SMARTS) is 2. The van der Waals surface area contributed by atoms with Crippen molar-refractivity contribution in [2.24, 2.45) is 11.8 Å². The van der Waals surface area contributed by atoms with Gasteiger partial charge in [0.15, 0.2) is 0 Å². The van der Waals surface area contributed by atoms with E-state index in [2.05, 4.69) is 0 Å². The van der Waals surface area contributed by atoms with Crippen molar-refractivity contribution in [1.82, 2.24) is 0 Å². The molecule has 6 heteroatoms. The zero-order valence-corrected chi connectivity index (χ0v) is 14.8. The number of aryl methyl sites for hydroxylation is 1. The summed E-state index contributed by atoms with van der Waals surface area (Å²) in [7, 11) is 0. The van der Waals surface area contributed by atoms with Gasteiger partial charge in [-0.15, -0.1) is 0 Å². The number of carboxylic acids is 2. The average Bonchev–Trinajstić information content (AvgIpc) is 2.44. The van der Waals surface area contributed by atoms with Gasteiger partial charge < -0.3 is 20.4 Å². The Morgan fingerprint density at radius 1 is 0.826 bits per heavy atom. The Balaban J connectivity index is 0. The molecule has 0 aromatic heterocycles. The monoisotopic (exact) mass is 328 g/mol. The summed E-state index contributed by atoms with van der Waals surface area (Å²) in [4.78, 5) is 19.4. The van der Waals surface area contributed by atoms with E-state index in [4.69, 9.17) is 10.2 Å². The van der Waals surface area contributed by atoms with Crippen LogP contribution in [0.1, 0.15) is 44.4 Å². The molecular weight excluding hydrogens is 300 g/mol. The second-order valence-corrected chi connectivity index (χ2v) is 5.80. The van der Waals surface area contributed by atoms with E-state index in [1.165, 1.54) is 0 Å². The van der Waals surface area contributed by atoms with Crippen LogP contribution in [0.15, 0.2) is 6.07 Å². The van der Waals surface area contributed by atoms with Crippen LogP contribution in [-0.2, 0) is 9.59 Å². The van der Waals surface area contributed by atoms with Crippen LogP contribution in [0.4, 0.5) is 0 Å². The zero-order chi connectivity index (χ0) is 18.9. The quantitative estimate of drug-likeness (QED) is 0.618. The largest absolute Gasteiger partial charge is 0.508 e. The number of aliphatic carboxylic acids is 2. The molecule has 0 bridgehead atoms. The van der Waals surface area contributed by atoms with Gasteiger partial charge in [0.25, 0.3) is 0 Å². The fraction of sp³-hybridized carbons (Fsp3) is 0.529. The summed E-state index contributed by atoms with van der Waals surface area (Å²) in [5.74, 6) is -1.42. The molecule has 4 N–H and O–H groups in total. The summed E-state index contributed by atoms with van der Waals surface area (Å²) in [6.45, 7) is 11.9. The molecule has 0 atom stereocenters. The smallest absolute Gasteiger partial charge is 0.305 e. The fourth-order valence-corrected chi connectivity index (χ4v) is 1.05. The number of phenols is 2. The summed E-state index contributed by atoms with van der Waals surface area (Å²) in [6.07, 6.45) is 0. The van der Waals surface area contributed by atoms with Crippen molar-refractivity contribution in [2.75, 3.05) is 0 Å². The SMILES string of the molecule is CC(C)C(=O)O.CC(C)C(=O)O.Cc1cc(O)c(C)c(C)c1O. The number of carbonyl (C=O) groups is 2. The Morgan fingerprint density at radius 2 is 1.13 bits per heavy atom. The van der Waals surface area contributed by atoms with E-state index >= 15 is 0 Å². The standard InChI is InChI=1S/C9H12O2.2C4H8O2/c1-5-4-8(10)6(2)7(3)9(5)11;2*1-3(2)4(5)6/h4,10-11H,1-3H3;2*3H,1-2H3,(H,5,6). The molecule has 0 aliphatic rings. The van der Waals surface area contributed by atoms with E-state index in [0.29, 0.717) is 5.56 Å². The van der Waals surface area contributed by atoms with Crippen molar-refractivity contribution in [1.29, 1.82) is 0 Å². The Morgan fingerprint density at radius 3 is 1.39 bits per heavy atom. The van der Waals surface area contributed by atoms with Crippen LogP contribution in [-0.4, -0.2) is 32.4 Å². The molecule has 23 heavy (non-hydrogen) atoms. The average molecular weight is 328 g/mol. The van der Waals surface area contributed by atoms with Crippen LogP contribution in [0.5, 0.6) is 11.5 Å². The third-order valence-corrected chi connectivity index (χ3v) is 3.02. The first-order valence-corrected chi connectivity index (χ1v) is 7.27. The van der Waals surface area contributed by atoms with Crippen LogP contribution in [0.2, 0.25) is 0 Å². The highest BCUT2D eigenvalue weighted by Crippen LogP contribution is 2.30. The second kappa shape index (κ2) is 10.5. The van der Waals surface area contributed by atoms with Crippen LogP contribution < -0.4 is 0 Å². The van der Waals surface area contributed by atoms with Crippen molar-refractivity contribution in [2.45, 2.75) is 48.5 Å². The molecular formula is C17H28O6. The number of aromatic hydroxyl groups is 2. The molecule has 1 rings (SSSR count). The van der Waals surface area contributed by atoms with E-state index in [0.717, 1.165) is 11.1 Å². The van der Waals surface area contributed by atoms with Crippen LogP contribution in [0.25, 0.3) is 0 Å².